The maximum Gasteiger partial charge on any atom is 0.335 e. The molecule has 0 spiro atoms. The first kappa shape index (κ1) is 12.4. The van der Waals surface area contributed by atoms with E-state index >= 15 is 0 Å². The summed E-state index contributed by atoms with van der Waals surface area (Å²) in [5.74, 6) is -0.188. The third-order valence-electron chi connectivity index (χ3n) is 3.27. The molecule has 0 unspecified atom stereocenters. The van der Waals surface area contributed by atoms with Gasteiger partial charge in [-0.2, -0.15) is 0 Å². The lowest BCUT2D eigenvalue weighted by Gasteiger charge is -2.28. The van der Waals surface area contributed by atoms with Crippen LogP contribution in [0.2, 0.25) is 0 Å². The largest absolute Gasteiger partial charge is 0.478 e. The Hall–Kier alpha value is -1.03. The van der Waals surface area contributed by atoms with Crippen LogP contribution in [0.1, 0.15) is 37.0 Å². The third-order valence-corrected chi connectivity index (χ3v) is 3.93. The summed E-state index contributed by atoms with van der Waals surface area (Å²) in [6.07, 6.45) is 2.54. The van der Waals surface area contributed by atoms with E-state index in [0.717, 1.165) is 10.2 Å². The average molecular weight is 298 g/mol. The second-order valence-corrected chi connectivity index (χ2v) is 5.98. The Morgan fingerprint density at radius 1 is 1.47 bits per heavy atom. The number of nitrogens with one attached hydrogen (secondary N) is 1. The molecule has 0 saturated heterocycles. The van der Waals surface area contributed by atoms with E-state index in [4.69, 9.17) is 5.11 Å². The van der Waals surface area contributed by atoms with Crippen LogP contribution in [-0.2, 0) is 0 Å². The minimum Gasteiger partial charge on any atom is -0.478 e. The molecule has 0 atom stereocenters. The summed E-state index contributed by atoms with van der Waals surface area (Å²) in [6, 6.07) is 5.07. The standard InChI is InChI=1S/C13H16BrNO2/c1-13(2,9-4-5-9)15-11-6-3-8(12(16)17)7-10(11)14/h3,6-7,9,15H,4-5H2,1-2H3,(H,16,17). The summed E-state index contributed by atoms with van der Waals surface area (Å²) in [5.41, 5.74) is 1.31. The van der Waals surface area contributed by atoms with Gasteiger partial charge in [0.1, 0.15) is 0 Å². The van der Waals surface area contributed by atoms with Crippen LogP contribution in [0.25, 0.3) is 0 Å². The molecule has 0 aromatic heterocycles. The molecule has 17 heavy (non-hydrogen) atoms. The van der Waals surface area contributed by atoms with E-state index in [2.05, 4.69) is 35.1 Å². The monoisotopic (exact) mass is 297 g/mol. The molecule has 0 radical (unpaired) electrons. The van der Waals surface area contributed by atoms with Gasteiger partial charge in [-0.25, -0.2) is 4.79 Å². The van der Waals surface area contributed by atoms with E-state index in [1.54, 1.807) is 12.1 Å². The molecular weight excluding hydrogens is 282 g/mol. The number of carboxylic acid groups (broad SMARTS) is 1. The van der Waals surface area contributed by atoms with E-state index in [0.29, 0.717) is 11.5 Å². The Morgan fingerprint density at radius 2 is 2.12 bits per heavy atom. The minimum atomic E-state index is -0.904. The second-order valence-electron chi connectivity index (χ2n) is 5.12. The van der Waals surface area contributed by atoms with E-state index in [1.807, 2.05) is 6.07 Å². The number of hydrogen-bond acceptors (Lipinski definition) is 2. The second kappa shape index (κ2) is 4.33. The van der Waals surface area contributed by atoms with E-state index in [1.165, 1.54) is 12.8 Å². The van der Waals surface area contributed by atoms with E-state index < -0.39 is 5.97 Å². The zero-order valence-electron chi connectivity index (χ0n) is 9.96. The predicted molar refractivity (Wildman–Crippen MR) is 71.5 cm³/mol. The lowest BCUT2D eigenvalue weighted by Crippen LogP contribution is -2.33. The van der Waals surface area contributed by atoms with Crippen LogP contribution < -0.4 is 5.32 Å². The van der Waals surface area contributed by atoms with Crippen LogP contribution in [0.5, 0.6) is 0 Å². The van der Waals surface area contributed by atoms with Crippen molar-refractivity contribution in [2.24, 2.45) is 5.92 Å². The SMILES string of the molecule is CC(C)(Nc1ccc(C(=O)O)cc1Br)C1CC1. The van der Waals surface area contributed by atoms with Crippen LogP contribution in [0, 0.1) is 5.92 Å². The van der Waals surface area contributed by atoms with Gasteiger partial charge in [0, 0.05) is 15.7 Å². The molecule has 2 rings (SSSR count). The van der Waals surface area contributed by atoms with Crippen LogP contribution in [0.15, 0.2) is 22.7 Å². The topological polar surface area (TPSA) is 49.3 Å². The summed E-state index contributed by atoms with van der Waals surface area (Å²) in [5, 5.41) is 12.4. The summed E-state index contributed by atoms with van der Waals surface area (Å²) in [6.45, 7) is 4.37. The Labute approximate surface area is 109 Å². The van der Waals surface area contributed by atoms with Crippen molar-refractivity contribution in [2.75, 3.05) is 5.32 Å². The molecule has 0 amide bonds. The fourth-order valence-corrected chi connectivity index (χ4v) is 2.48. The number of benzene rings is 1. The molecule has 0 heterocycles. The van der Waals surface area contributed by atoms with Gasteiger partial charge in [-0.1, -0.05) is 0 Å². The molecule has 1 aromatic carbocycles. The Morgan fingerprint density at radius 3 is 2.59 bits per heavy atom. The van der Waals surface area contributed by atoms with Crippen molar-refractivity contribution in [1.82, 2.24) is 0 Å². The fourth-order valence-electron chi connectivity index (χ4n) is 2.00. The van der Waals surface area contributed by atoms with Gasteiger partial charge in [-0.15, -0.1) is 0 Å². The molecule has 1 aromatic rings. The van der Waals surface area contributed by atoms with E-state index in [9.17, 15) is 4.79 Å². The van der Waals surface area contributed by atoms with Crippen LogP contribution in [-0.4, -0.2) is 16.6 Å². The molecule has 0 aliphatic heterocycles. The highest BCUT2D eigenvalue weighted by atomic mass is 79.9. The molecule has 4 heteroatoms. The summed E-state index contributed by atoms with van der Waals surface area (Å²) >= 11 is 3.41. The Kier molecular flexibility index (Phi) is 3.17. The smallest absolute Gasteiger partial charge is 0.335 e. The first-order valence-corrected chi connectivity index (χ1v) is 6.50. The molecule has 1 aliphatic carbocycles. The summed E-state index contributed by atoms with van der Waals surface area (Å²) < 4.78 is 0.797. The number of halogens is 1. The summed E-state index contributed by atoms with van der Waals surface area (Å²) in [4.78, 5) is 10.8. The van der Waals surface area contributed by atoms with Crippen molar-refractivity contribution in [1.29, 1.82) is 0 Å². The van der Waals surface area contributed by atoms with Gasteiger partial charge in [0.2, 0.25) is 0 Å². The quantitative estimate of drug-likeness (QED) is 0.890. The van der Waals surface area contributed by atoms with Crippen molar-refractivity contribution < 1.29 is 9.90 Å². The number of aromatic carboxylic acids is 1. The maximum atomic E-state index is 10.8. The van der Waals surface area contributed by atoms with Gasteiger partial charge in [0.25, 0.3) is 0 Å². The van der Waals surface area contributed by atoms with Gasteiger partial charge in [0.15, 0.2) is 0 Å². The lowest BCUT2D eigenvalue weighted by atomic mass is 9.98. The molecule has 2 N–H and O–H groups in total. The predicted octanol–water partition coefficient (Wildman–Crippen LogP) is 3.75. The van der Waals surface area contributed by atoms with Crippen molar-refractivity contribution in [2.45, 2.75) is 32.2 Å². The fraction of sp³-hybridized carbons (Fsp3) is 0.462. The van der Waals surface area contributed by atoms with Gasteiger partial charge >= 0.3 is 5.97 Å². The zero-order valence-corrected chi connectivity index (χ0v) is 11.5. The first-order valence-electron chi connectivity index (χ1n) is 5.71. The number of hydrogen-bond donors (Lipinski definition) is 2. The first-order chi connectivity index (χ1) is 7.90. The van der Waals surface area contributed by atoms with Crippen LogP contribution in [0.3, 0.4) is 0 Å². The summed E-state index contributed by atoms with van der Waals surface area (Å²) in [7, 11) is 0. The van der Waals surface area contributed by atoms with E-state index in [-0.39, 0.29) is 5.54 Å². The highest BCUT2D eigenvalue weighted by molar-refractivity contribution is 9.10. The van der Waals surface area contributed by atoms with Gasteiger partial charge < -0.3 is 10.4 Å². The third kappa shape index (κ3) is 2.80. The molecule has 92 valence electrons. The Bertz CT molecular complexity index is 453. The van der Waals surface area contributed by atoms with Crippen molar-refractivity contribution >= 4 is 27.6 Å². The van der Waals surface area contributed by atoms with Gasteiger partial charge in [-0.3, -0.25) is 0 Å². The minimum absolute atomic E-state index is 0.0628. The Balaban J connectivity index is 2.19. The molecule has 1 saturated carbocycles. The number of carbonyl (C=O) groups is 1. The molecular formula is C13H16BrNO2. The average Bonchev–Trinajstić information content (AvgIpc) is 3.04. The van der Waals surface area contributed by atoms with Crippen molar-refractivity contribution in [3.05, 3.63) is 28.2 Å². The maximum absolute atomic E-state index is 10.8. The number of carboxylic acids is 1. The van der Waals surface area contributed by atoms with Crippen LogP contribution >= 0.6 is 15.9 Å². The van der Waals surface area contributed by atoms with Crippen molar-refractivity contribution in [3.63, 3.8) is 0 Å². The van der Waals surface area contributed by atoms with Crippen molar-refractivity contribution in [3.8, 4) is 0 Å². The number of anilines is 1. The molecule has 1 aliphatic rings. The van der Waals surface area contributed by atoms with Gasteiger partial charge in [-0.05, 0) is 66.7 Å². The lowest BCUT2D eigenvalue weighted by molar-refractivity contribution is 0.0697. The van der Waals surface area contributed by atoms with Gasteiger partial charge in [0.05, 0.1) is 5.56 Å². The highest BCUT2D eigenvalue weighted by Gasteiger charge is 2.37. The molecule has 1 fully saturated rings. The zero-order chi connectivity index (χ0) is 12.6. The number of rotatable bonds is 4. The molecule has 0 bridgehead atoms. The molecule has 3 nitrogen and oxygen atoms in total. The van der Waals surface area contributed by atoms with Crippen LogP contribution in [0.4, 0.5) is 5.69 Å². The highest BCUT2D eigenvalue weighted by Crippen LogP contribution is 2.42. The normalized spacial score (nSPS) is 15.7.